The summed E-state index contributed by atoms with van der Waals surface area (Å²) in [6, 6.07) is 12.8. The Morgan fingerprint density at radius 2 is 1.86 bits per heavy atom. The van der Waals surface area contributed by atoms with Gasteiger partial charge in [-0.3, -0.25) is 0 Å². The van der Waals surface area contributed by atoms with Crippen LogP contribution in [0.15, 0.2) is 46.9 Å². The Kier molecular flexibility index (Phi) is 6.21. The van der Waals surface area contributed by atoms with E-state index in [2.05, 4.69) is 28.2 Å². The molecule has 0 atom stereocenters. The number of benzene rings is 2. The first-order chi connectivity index (χ1) is 10.2. The van der Waals surface area contributed by atoms with Crippen LogP contribution < -0.4 is 10.1 Å². The summed E-state index contributed by atoms with van der Waals surface area (Å²) < 4.78 is 20.7. The Morgan fingerprint density at radius 1 is 1.10 bits per heavy atom. The average Bonchev–Trinajstić information content (AvgIpc) is 2.48. The number of ether oxygens (including phenoxy) is 1. The van der Waals surface area contributed by atoms with E-state index >= 15 is 0 Å². The smallest absolute Gasteiger partial charge is 0.165 e. The molecule has 0 heterocycles. The van der Waals surface area contributed by atoms with Gasteiger partial charge in [0.25, 0.3) is 0 Å². The van der Waals surface area contributed by atoms with Crippen LogP contribution in [-0.2, 0) is 13.2 Å². The van der Waals surface area contributed by atoms with Crippen LogP contribution in [-0.4, -0.2) is 6.54 Å². The zero-order chi connectivity index (χ0) is 15.1. The molecule has 0 radical (unpaired) electrons. The number of hydrogen-bond donors (Lipinski definition) is 1. The maximum atomic E-state index is 14.0. The maximum absolute atomic E-state index is 14.0. The minimum Gasteiger partial charge on any atom is -0.485 e. The molecule has 4 heteroatoms. The second-order valence-corrected chi connectivity index (χ2v) is 5.64. The number of hydrogen-bond acceptors (Lipinski definition) is 2. The van der Waals surface area contributed by atoms with Gasteiger partial charge in [0, 0.05) is 22.1 Å². The first-order valence-electron chi connectivity index (χ1n) is 7.06. The fourth-order valence-corrected chi connectivity index (χ4v) is 2.42. The van der Waals surface area contributed by atoms with E-state index in [1.54, 1.807) is 6.07 Å². The summed E-state index contributed by atoms with van der Waals surface area (Å²) in [6.07, 6.45) is 1.04. The molecule has 0 unspecified atom stereocenters. The molecule has 0 aliphatic rings. The van der Waals surface area contributed by atoms with Crippen LogP contribution in [0.2, 0.25) is 0 Å². The lowest BCUT2D eigenvalue weighted by atomic mass is 10.2. The van der Waals surface area contributed by atoms with Crippen molar-refractivity contribution in [1.82, 2.24) is 5.32 Å². The van der Waals surface area contributed by atoms with Crippen molar-refractivity contribution in [3.05, 3.63) is 63.9 Å². The van der Waals surface area contributed by atoms with Crippen LogP contribution in [0, 0.1) is 5.82 Å². The molecule has 2 rings (SSSR count). The molecule has 0 aromatic heterocycles. The second kappa shape index (κ2) is 8.15. The third kappa shape index (κ3) is 4.55. The van der Waals surface area contributed by atoms with E-state index in [0.29, 0.717) is 18.9 Å². The summed E-state index contributed by atoms with van der Waals surface area (Å²) in [7, 11) is 0. The topological polar surface area (TPSA) is 21.3 Å². The quantitative estimate of drug-likeness (QED) is 0.732. The molecule has 0 aliphatic heterocycles. The van der Waals surface area contributed by atoms with E-state index < -0.39 is 0 Å². The Morgan fingerprint density at radius 3 is 2.62 bits per heavy atom. The summed E-state index contributed by atoms with van der Waals surface area (Å²) in [4.78, 5) is 0. The van der Waals surface area contributed by atoms with Crippen LogP contribution in [0.25, 0.3) is 0 Å². The third-order valence-corrected chi connectivity index (χ3v) is 3.89. The van der Waals surface area contributed by atoms with Crippen molar-refractivity contribution in [3.63, 3.8) is 0 Å². The minimum absolute atomic E-state index is 0.321. The molecular weight excluding hydrogens is 333 g/mol. The SMILES string of the molecule is CCCNCc1cccc(F)c1OCc1ccccc1Br. The average molecular weight is 352 g/mol. The summed E-state index contributed by atoms with van der Waals surface area (Å²) in [6.45, 7) is 3.95. The number of rotatable bonds is 7. The van der Waals surface area contributed by atoms with Gasteiger partial charge in [-0.1, -0.05) is 53.2 Å². The molecule has 2 nitrogen and oxygen atoms in total. The summed E-state index contributed by atoms with van der Waals surface area (Å²) in [5.74, 6) is 0.00899. The van der Waals surface area contributed by atoms with Gasteiger partial charge >= 0.3 is 0 Å². The maximum Gasteiger partial charge on any atom is 0.165 e. The molecule has 0 aliphatic carbocycles. The van der Waals surface area contributed by atoms with E-state index in [1.165, 1.54) is 6.07 Å². The Bertz CT molecular complexity index is 589. The first kappa shape index (κ1) is 16.0. The van der Waals surface area contributed by atoms with Crippen molar-refractivity contribution in [2.75, 3.05) is 6.54 Å². The molecule has 2 aromatic carbocycles. The molecular formula is C17H19BrFNO. The van der Waals surface area contributed by atoms with Gasteiger partial charge in [-0.25, -0.2) is 4.39 Å². The van der Waals surface area contributed by atoms with Crippen LogP contribution in [0.4, 0.5) is 4.39 Å². The van der Waals surface area contributed by atoms with Crippen molar-refractivity contribution in [1.29, 1.82) is 0 Å². The van der Waals surface area contributed by atoms with E-state index in [4.69, 9.17) is 4.74 Å². The lowest BCUT2D eigenvalue weighted by molar-refractivity contribution is 0.285. The molecule has 0 saturated carbocycles. The molecule has 0 bridgehead atoms. The predicted octanol–water partition coefficient (Wildman–Crippen LogP) is 4.67. The zero-order valence-electron chi connectivity index (χ0n) is 12.0. The van der Waals surface area contributed by atoms with Gasteiger partial charge < -0.3 is 10.1 Å². The molecule has 112 valence electrons. The largest absolute Gasteiger partial charge is 0.485 e. The Balaban J connectivity index is 2.09. The summed E-state index contributed by atoms with van der Waals surface area (Å²) >= 11 is 3.47. The Hall–Kier alpha value is -1.39. The lowest BCUT2D eigenvalue weighted by Crippen LogP contribution is -2.15. The summed E-state index contributed by atoms with van der Waals surface area (Å²) in [5, 5.41) is 3.27. The van der Waals surface area contributed by atoms with Crippen molar-refractivity contribution in [3.8, 4) is 5.75 Å². The normalized spacial score (nSPS) is 10.6. The van der Waals surface area contributed by atoms with Crippen LogP contribution in [0.3, 0.4) is 0 Å². The highest BCUT2D eigenvalue weighted by Crippen LogP contribution is 2.25. The second-order valence-electron chi connectivity index (χ2n) is 4.78. The lowest BCUT2D eigenvalue weighted by Gasteiger charge is -2.13. The number of halogens is 2. The van der Waals surface area contributed by atoms with Crippen LogP contribution >= 0.6 is 15.9 Å². The van der Waals surface area contributed by atoms with Crippen molar-refractivity contribution in [2.45, 2.75) is 26.5 Å². The third-order valence-electron chi connectivity index (χ3n) is 3.12. The van der Waals surface area contributed by atoms with Gasteiger partial charge in [-0.2, -0.15) is 0 Å². The molecule has 2 aromatic rings. The van der Waals surface area contributed by atoms with E-state index in [0.717, 1.165) is 28.6 Å². The van der Waals surface area contributed by atoms with Crippen molar-refractivity contribution in [2.24, 2.45) is 0 Å². The highest BCUT2D eigenvalue weighted by atomic mass is 79.9. The predicted molar refractivity (Wildman–Crippen MR) is 86.9 cm³/mol. The molecule has 1 N–H and O–H groups in total. The van der Waals surface area contributed by atoms with Gasteiger partial charge in [-0.05, 0) is 25.1 Å². The summed E-state index contributed by atoms with van der Waals surface area (Å²) in [5.41, 5.74) is 1.84. The minimum atomic E-state index is -0.321. The van der Waals surface area contributed by atoms with Crippen molar-refractivity contribution < 1.29 is 9.13 Å². The van der Waals surface area contributed by atoms with Gasteiger partial charge in [0.05, 0.1) is 0 Å². The molecule has 0 amide bonds. The first-order valence-corrected chi connectivity index (χ1v) is 7.86. The molecule has 0 fully saturated rings. The standard InChI is InChI=1S/C17H19BrFNO/c1-2-10-20-11-13-7-5-9-16(19)17(13)21-12-14-6-3-4-8-15(14)18/h3-9,20H,2,10-12H2,1H3. The van der Waals surface area contributed by atoms with Crippen LogP contribution in [0.1, 0.15) is 24.5 Å². The highest BCUT2D eigenvalue weighted by molar-refractivity contribution is 9.10. The van der Waals surface area contributed by atoms with E-state index in [9.17, 15) is 4.39 Å². The Labute approximate surface area is 133 Å². The van der Waals surface area contributed by atoms with Gasteiger partial charge in [-0.15, -0.1) is 0 Å². The highest BCUT2D eigenvalue weighted by Gasteiger charge is 2.10. The monoisotopic (exact) mass is 351 g/mol. The van der Waals surface area contributed by atoms with E-state index in [-0.39, 0.29) is 5.82 Å². The number of para-hydroxylation sites is 1. The van der Waals surface area contributed by atoms with Gasteiger partial charge in [0.2, 0.25) is 0 Å². The molecule has 21 heavy (non-hydrogen) atoms. The fourth-order valence-electron chi connectivity index (χ4n) is 2.02. The van der Waals surface area contributed by atoms with E-state index in [1.807, 2.05) is 30.3 Å². The van der Waals surface area contributed by atoms with Crippen molar-refractivity contribution >= 4 is 15.9 Å². The molecule has 0 spiro atoms. The zero-order valence-corrected chi connectivity index (χ0v) is 13.6. The van der Waals surface area contributed by atoms with Crippen LogP contribution in [0.5, 0.6) is 5.75 Å². The number of nitrogens with one attached hydrogen (secondary N) is 1. The van der Waals surface area contributed by atoms with Gasteiger partial charge in [0.15, 0.2) is 11.6 Å². The fraction of sp³-hybridized carbons (Fsp3) is 0.294. The van der Waals surface area contributed by atoms with Gasteiger partial charge in [0.1, 0.15) is 6.61 Å². The molecule has 0 saturated heterocycles.